The predicted molar refractivity (Wildman–Crippen MR) is 166 cm³/mol. The van der Waals surface area contributed by atoms with E-state index in [9.17, 15) is 24.0 Å². The van der Waals surface area contributed by atoms with Crippen molar-refractivity contribution in [1.29, 1.82) is 0 Å². The van der Waals surface area contributed by atoms with Crippen molar-refractivity contribution < 1.29 is 38.2 Å². The smallest absolute Gasteiger partial charge is 0.408 e. The Morgan fingerprint density at radius 1 is 0.795 bits per heavy atom. The molecular formula is C32H52N4O8. The molecule has 0 unspecified atom stereocenters. The van der Waals surface area contributed by atoms with E-state index in [0.717, 1.165) is 5.56 Å². The summed E-state index contributed by atoms with van der Waals surface area (Å²) in [5.74, 6) is -2.11. The van der Waals surface area contributed by atoms with Crippen molar-refractivity contribution in [2.24, 2.45) is 17.8 Å². The second-order valence-electron chi connectivity index (χ2n) is 12.9. The van der Waals surface area contributed by atoms with Crippen molar-refractivity contribution in [2.45, 2.75) is 112 Å². The van der Waals surface area contributed by atoms with Gasteiger partial charge < -0.3 is 35.5 Å². The summed E-state index contributed by atoms with van der Waals surface area (Å²) in [5.41, 5.74) is 0.0116. The molecular weight excluding hydrogens is 568 g/mol. The zero-order valence-corrected chi connectivity index (χ0v) is 27.8. The van der Waals surface area contributed by atoms with E-state index in [1.165, 1.54) is 7.11 Å². The lowest BCUT2D eigenvalue weighted by Gasteiger charge is -2.33. The standard InChI is InChI=1S/C32H52N4O8/c1-19(2)16-24(34-31(41)44-32(7,8)9)28(38)36-26(20(3)4)23(17-25(37)35-27(21(5)6)29(39)42-10)33-30(40)43-18-22-14-12-11-13-15-22/h11-15,19-21,23-24,26-27H,16-18H2,1-10H3,(H,33,40)(H,34,41)(H,35,37)(H,36,38)/t23-,24+,26+,27+/m1/s1. The van der Waals surface area contributed by atoms with Gasteiger partial charge in [-0.15, -0.1) is 0 Å². The van der Waals surface area contributed by atoms with Crippen LogP contribution in [0.5, 0.6) is 0 Å². The van der Waals surface area contributed by atoms with Gasteiger partial charge in [-0.2, -0.15) is 0 Å². The number of carbonyl (C=O) groups excluding carboxylic acids is 5. The molecule has 0 bridgehead atoms. The molecule has 1 aromatic rings. The number of ether oxygens (including phenoxy) is 3. The van der Waals surface area contributed by atoms with Crippen LogP contribution in [-0.4, -0.2) is 66.8 Å². The summed E-state index contributed by atoms with van der Waals surface area (Å²) in [6.07, 6.45) is -1.48. The monoisotopic (exact) mass is 620 g/mol. The molecule has 0 radical (unpaired) electrons. The summed E-state index contributed by atoms with van der Waals surface area (Å²) in [4.78, 5) is 64.6. The number of amides is 4. The Kier molecular flexibility index (Phi) is 15.7. The zero-order chi connectivity index (χ0) is 33.6. The van der Waals surface area contributed by atoms with E-state index >= 15 is 0 Å². The molecule has 0 saturated heterocycles. The van der Waals surface area contributed by atoms with Gasteiger partial charge in [0.1, 0.15) is 24.3 Å². The van der Waals surface area contributed by atoms with Crippen LogP contribution in [0.1, 0.15) is 80.7 Å². The Balaban J connectivity index is 3.25. The first-order valence-electron chi connectivity index (χ1n) is 15.1. The van der Waals surface area contributed by atoms with Crippen molar-refractivity contribution in [2.75, 3.05) is 7.11 Å². The van der Waals surface area contributed by atoms with Gasteiger partial charge in [-0.3, -0.25) is 9.59 Å². The van der Waals surface area contributed by atoms with Crippen LogP contribution in [0, 0.1) is 17.8 Å². The Morgan fingerprint density at radius 2 is 1.41 bits per heavy atom. The maximum atomic E-state index is 13.6. The van der Waals surface area contributed by atoms with E-state index in [2.05, 4.69) is 21.3 Å². The van der Waals surface area contributed by atoms with Gasteiger partial charge in [-0.25, -0.2) is 14.4 Å². The predicted octanol–water partition coefficient (Wildman–Crippen LogP) is 4.07. The van der Waals surface area contributed by atoms with Gasteiger partial charge >= 0.3 is 18.2 Å². The third-order valence-electron chi connectivity index (χ3n) is 6.53. The van der Waals surface area contributed by atoms with E-state index in [0.29, 0.717) is 6.42 Å². The minimum atomic E-state index is -0.936. The van der Waals surface area contributed by atoms with E-state index in [-0.39, 0.29) is 30.8 Å². The van der Waals surface area contributed by atoms with E-state index in [1.807, 2.05) is 45.9 Å². The number of hydrogen-bond donors (Lipinski definition) is 4. The molecule has 1 aromatic carbocycles. The first-order chi connectivity index (χ1) is 20.4. The normalized spacial score (nSPS) is 14.2. The zero-order valence-electron chi connectivity index (χ0n) is 27.8. The number of rotatable bonds is 15. The lowest BCUT2D eigenvalue weighted by molar-refractivity contribution is -0.146. The molecule has 0 fully saturated rings. The average molecular weight is 621 g/mol. The fraction of sp³-hybridized carbons (Fsp3) is 0.656. The molecule has 4 atom stereocenters. The number of esters is 1. The van der Waals surface area contributed by atoms with E-state index in [1.54, 1.807) is 46.8 Å². The third-order valence-corrected chi connectivity index (χ3v) is 6.53. The molecule has 44 heavy (non-hydrogen) atoms. The molecule has 0 aliphatic rings. The van der Waals surface area contributed by atoms with Gasteiger partial charge in [0.2, 0.25) is 11.8 Å². The lowest BCUT2D eigenvalue weighted by Crippen LogP contribution is -2.59. The highest BCUT2D eigenvalue weighted by Gasteiger charge is 2.34. The number of methoxy groups -OCH3 is 1. The number of alkyl carbamates (subject to hydrolysis) is 2. The van der Waals surface area contributed by atoms with Crippen molar-refractivity contribution in [1.82, 2.24) is 21.3 Å². The lowest BCUT2D eigenvalue weighted by atomic mass is 9.92. The summed E-state index contributed by atoms with van der Waals surface area (Å²) in [6, 6.07) is 5.56. The second kappa shape index (κ2) is 18.1. The summed E-state index contributed by atoms with van der Waals surface area (Å²) >= 11 is 0. The number of carbonyl (C=O) groups is 5. The van der Waals surface area contributed by atoms with Crippen LogP contribution in [0.25, 0.3) is 0 Å². The van der Waals surface area contributed by atoms with Crippen LogP contribution < -0.4 is 21.3 Å². The van der Waals surface area contributed by atoms with Crippen LogP contribution in [0.3, 0.4) is 0 Å². The Morgan fingerprint density at radius 3 is 1.91 bits per heavy atom. The quantitative estimate of drug-likeness (QED) is 0.169. The fourth-order valence-electron chi connectivity index (χ4n) is 4.39. The topological polar surface area (TPSA) is 161 Å². The molecule has 12 heteroatoms. The van der Waals surface area contributed by atoms with E-state index in [4.69, 9.17) is 14.2 Å². The number of benzene rings is 1. The largest absolute Gasteiger partial charge is 0.467 e. The molecule has 0 aliphatic carbocycles. The van der Waals surface area contributed by atoms with Gasteiger partial charge in [0.05, 0.1) is 19.2 Å². The highest BCUT2D eigenvalue weighted by molar-refractivity contribution is 5.87. The Labute approximate surface area is 261 Å². The van der Waals surface area contributed by atoms with Gasteiger partial charge in [0, 0.05) is 6.42 Å². The maximum absolute atomic E-state index is 13.6. The molecule has 0 spiro atoms. The summed E-state index contributed by atoms with van der Waals surface area (Å²) in [5, 5.41) is 11.0. The molecule has 0 heterocycles. The minimum Gasteiger partial charge on any atom is -0.467 e. The first-order valence-corrected chi connectivity index (χ1v) is 15.1. The van der Waals surface area contributed by atoms with Crippen LogP contribution in [0.15, 0.2) is 30.3 Å². The van der Waals surface area contributed by atoms with Crippen molar-refractivity contribution in [3.8, 4) is 0 Å². The van der Waals surface area contributed by atoms with Crippen molar-refractivity contribution in [3.05, 3.63) is 35.9 Å². The second-order valence-corrected chi connectivity index (χ2v) is 12.9. The summed E-state index contributed by atoms with van der Waals surface area (Å²) in [7, 11) is 1.24. The van der Waals surface area contributed by atoms with Gasteiger partial charge in [-0.05, 0) is 50.5 Å². The van der Waals surface area contributed by atoms with Gasteiger partial charge in [0.25, 0.3) is 0 Å². The SMILES string of the molecule is COC(=O)[C@@H](NC(=O)C[C@@H](NC(=O)OCc1ccccc1)[C@@H](NC(=O)[C@H](CC(C)C)NC(=O)OC(C)(C)C)C(C)C)C(C)C. The van der Waals surface area contributed by atoms with Crippen LogP contribution in [-0.2, 0) is 35.2 Å². The molecule has 12 nitrogen and oxygen atoms in total. The third kappa shape index (κ3) is 14.6. The molecule has 4 amide bonds. The highest BCUT2D eigenvalue weighted by Crippen LogP contribution is 2.15. The van der Waals surface area contributed by atoms with Crippen LogP contribution >= 0.6 is 0 Å². The Hall–Kier alpha value is -3.83. The Bertz CT molecular complexity index is 1090. The maximum Gasteiger partial charge on any atom is 0.408 e. The molecule has 0 aromatic heterocycles. The fourth-order valence-corrected chi connectivity index (χ4v) is 4.39. The summed E-state index contributed by atoms with van der Waals surface area (Å²) < 4.78 is 15.6. The summed E-state index contributed by atoms with van der Waals surface area (Å²) in [6.45, 7) is 16.2. The average Bonchev–Trinajstić information content (AvgIpc) is 2.91. The first kappa shape index (κ1) is 38.2. The molecule has 0 saturated carbocycles. The van der Waals surface area contributed by atoms with Crippen molar-refractivity contribution in [3.63, 3.8) is 0 Å². The van der Waals surface area contributed by atoms with Gasteiger partial charge in [0.15, 0.2) is 0 Å². The molecule has 1 rings (SSSR count). The highest BCUT2D eigenvalue weighted by atomic mass is 16.6. The van der Waals surface area contributed by atoms with Crippen LogP contribution in [0.4, 0.5) is 9.59 Å². The number of nitrogens with one attached hydrogen (secondary N) is 4. The minimum absolute atomic E-state index is 0.00166. The molecule has 248 valence electrons. The van der Waals surface area contributed by atoms with Crippen LogP contribution in [0.2, 0.25) is 0 Å². The van der Waals surface area contributed by atoms with Gasteiger partial charge in [-0.1, -0.05) is 71.9 Å². The molecule has 0 aliphatic heterocycles. The molecule has 4 N–H and O–H groups in total. The number of hydrogen-bond acceptors (Lipinski definition) is 8. The van der Waals surface area contributed by atoms with Crippen molar-refractivity contribution >= 4 is 30.0 Å². The van der Waals surface area contributed by atoms with E-state index < -0.39 is 59.7 Å².